The fourth-order valence-corrected chi connectivity index (χ4v) is 3.86. The smallest absolute Gasteiger partial charge is 0.232 e. The van der Waals surface area contributed by atoms with Gasteiger partial charge in [-0.3, -0.25) is 4.79 Å². The highest BCUT2D eigenvalue weighted by Gasteiger charge is 2.41. The minimum Gasteiger partial charge on any atom is -0.306 e. The molecule has 1 aromatic carbocycles. The molecule has 1 amide bonds. The van der Waals surface area contributed by atoms with Crippen molar-refractivity contribution in [1.29, 1.82) is 0 Å². The largest absolute Gasteiger partial charge is 0.306 e. The first-order valence-electron chi connectivity index (χ1n) is 8.14. The van der Waals surface area contributed by atoms with Crippen molar-refractivity contribution < 1.29 is 9.18 Å². The summed E-state index contributed by atoms with van der Waals surface area (Å²) in [4.78, 5) is 19.6. The number of hydrogen-bond acceptors (Lipinski definition) is 4. The Morgan fingerprint density at radius 3 is 2.71 bits per heavy atom. The van der Waals surface area contributed by atoms with Gasteiger partial charge in [0.25, 0.3) is 0 Å². The van der Waals surface area contributed by atoms with Crippen LogP contribution in [0.4, 0.5) is 9.52 Å². The Morgan fingerprint density at radius 1 is 1.38 bits per heavy atom. The number of anilines is 1. The third-order valence-corrected chi connectivity index (χ3v) is 5.63. The van der Waals surface area contributed by atoms with Gasteiger partial charge in [-0.05, 0) is 58.0 Å². The summed E-state index contributed by atoms with van der Waals surface area (Å²) in [6, 6.07) is 6.73. The maximum absolute atomic E-state index is 14.1. The van der Waals surface area contributed by atoms with Gasteiger partial charge in [0.15, 0.2) is 5.13 Å². The second-order valence-corrected chi connectivity index (χ2v) is 7.46. The highest BCUT2D eigenvalue weighted by atomic mass is 32.1. The molecule has 0 spiro atoms. The molecule has 0 unspecified atom stereocenters. The highest BCUT2D eigenvalue weighted by molar-refractivity contribution is 7.13. The normalized spacial score (nSPS) is 17.6. The standard InChI is InChI=1S/C18H22FN3OS/c1-13-12-24-17(20-13)21-16(23)18(7-9-22(2)10-8-18)11-14-5-3-4-6-15(14)19/h3-6,12H,7-11H2,1-2H3,(H,20,21,23). The molecule has 128 valence electrons. The van der Waals surface area contributed by atoms with Crippen molar-refractivity contribution in [2.75, 3.05) is 25.5 Å². The van der Waals surface area contributed by atoms with E-state index < -0.39 is 5.41 Å². The monoisotopic (exact) mass is 347 g/mol. The van der Waals surface area contributed by atoms with Crippen LogP contribution in [0.15, 0.2) is 29.6 Å². The number of rotatable bonds is 4. The third kappa shape index (κ3) is 3.65. The molecule has 1 aliphatic heterocycles. The van der Waals surface area contributed by atoms with Crippen LogP contribution >= 0.6 is 11.3 Å². The van der Waals surface area contributed by atoms with Crippen LogP contribution in [0.5, 0.6) is 0 Å². The molecule has 1 aliphatic rings. The number of thiazole rings is 1. The van der Waals surface area contributed by atoms with E-state index in [9.17, 15) is 9.18 Å². The van der Waals surface area contributed by atoms with Gasteiger partial charge in [0.1, 0.15) is 5.82 Å². The van der Waals surface area contributed by atoms with E-state index in [2.05, 4.69) is 22.2 Å². The number of carbonyl (C=O) groups is 1. The number of piperidine rings is 1. The predicted octanol–water partition coefficient (Wildman–Crippen LogP) is 3.48. The van der Waals surface area contributed by atoms with Gasteiger partial charge >= 0.3 is 0 Å². The number of aromatic nitrogens is 1. The maximum Gasteiger partial charge on any atom is 0.232 e. The summed E-state index contributed by atoms with van der Waals surface area (Å²) in [5, 5.41) is 5.48. The zero-order valence-corrected chi connectivity index (χ0v) is 14.8. The number of benzene rings is 1. The number of likely N-dealkylation sites (tertiary alicyclic amines) is 1. The molecule has 24 heavy (non-hydrogen) atoms. The lowest BCUT2D eigenvalue weighted by Crippen LogP contribution is -2.47. The number of carbonyl (C=O) groups excluding carboxylic acids is 1. The van der Waals surface area contributed by atoms with Crippen LogP contribution in [0.2, 0.25) is 0 Å². The van der Waals surface area contributed by atoms with Gasteiger partial charge in [-0.2, -0.15) is 0 Å². The summed E-state index contributed by atoms with van der Waals surface area (Å²) < 4.78 is 14.1. The lowest BCUT2D eigenvalue weighted by atomic mass is 9.73. The molecule has 0 radical (unpaired) electrons. The lowest BCUT2D eigenvalue weighted by molar-refractivity contribution is -0.128. The van der Waals surface area contributed by atoms with Crippen LogP contribution < -0.4 is 5.32 Å². The summed E-state index contributed by atoms with van der Waals surface area (Å²) in [5.74, 6) is -0.290. The second kappa shape index (κ2) is 6.99. The molecule has 0 saturated carbocycles. The summed E-state index contributed by atoms with van der Waals surface area (Å²) in [5.41, 5.74) is 0.906. The van der Waals surface area contributed by atoms with E-state index in [0.29, 0.717) is 30.0 Å². The van der Waals surface area contributed by atoms with Crippen LogP contribution in [0.3, 0.4) is 0 Å². The van der Waals surface area contributed by atoms with Crippen molar-refractivity contribution >= 4 is 22.4 Å². The topological polar surface area (TPSA) is 45.2 Å². The average Bonchev–Trinajstić information content (AvgIpc) is 2.97. The van der Waals surface area contributed by atoms with Crippen LogP contribution in [0, 0.1) is 18.2 Å². The molecule has 4 nitrogen and oxygen atoms in total. The Morgan fingerprint density at radius 2 is 2.08 bits per heavy atom. The van der Waals surface area contributed by atoms with Crippen molar-refractivity contribution in [3.63, 3.8) is 0 Å². The minimum absolute atomic E-state index is 0.0480. The molecule has 0 aliphatic carbocycles. The Kier molecular flexibility index (Phi) is 4.96. The SMILES string of the molecule is Cc1csc(NC(=O)C2(Cc3ccccc3F)CCN(C)CC2)n1. The van der Waals surface area contributed by atoms with Gasteiger partial charge < -0.3 is 10.2 Å². The first-order chi connectivity index (χ1) is 11.5. The van der Waals surface area contributed by atoms with E-state index in [1.165, 1.54) is 17.4 Å². The molecule has 0 atom stereocenters. The Bertz CT molecular complexity index is 723. The van der Waals surface area contributed by atoms with E-state index in [4.69, 9.17) is 0 Å². The predicted molar refractivity (Wildman–Crippen MR) is 94.7 cm³/mol. The minimum atomic E-state index is -0.589. The third-order valence-electron chi connectivity index (χ3n) is 4.75. The molecule has 0 bridgehead atoms. The van der Waals surface area contributed by atoms with E-state index in [-0.39, 0.29) is 11.7 Å². The first kappa shape index (κ1) is 17.0. The van der Waals surface area contributed by atoms with E-state index in [1.54, 1.807) is 12.1 Å². The van der Waals surface area contributed by atoms with Gasteiger partial charge in [-0.25, -0.2) is 9.37 Å². The van der Waals surface area contributed by atoms with E-state index in [0.717, 1.165) is 18.8 Å². The summed E-state index contributed by atoms with van der Waals surface area (Å²) in [7, 11) is 2.05. The summed E-state index contributed by atoms with van der Waals surface area (Å²) in [6.45, 7) is 3.56. The molecule has 2 aromatic rings. The van der Waals surface area contributed by atoms with Crippen molar-refractivity contribution in [3.8, 4) is 0 Å². The summed E-state index contributed by atoms with van der Waals surface area (Å²) in [6.07, 6.45) is 1.85. The summed E-state index contributed by atoms with van der Waals surface area (Å²) >= 11 is 1.42. The van der Waals surface area contributed by atoms with Crippen molar-refractivity contribution in [2.24, 2.45) is 5.41 Å². The van der Waals surface area contributed by atoms with Crippen LogP contribution in [-0.2, 0) is 11.2 Å². The van der Waals surface area contributed by atoms with Crippen LogP contribution in [0.25, 0.3) is 0 Å². The number of hydrogen-bond donors (Lipinski definition) is 1. The molecule has 2 heterocycles. The molecule has 1 saturated heterocycles. The Hall–Kier alpha value is -1.79. The quantitative estimate of drug-likeness (QED) is 0.921. The van der Waals surface area contributed by atoms with Gasteiger partial charge in [0.05, 0.1) is 11.1 Å². The molecular weight excluding hydrogens is 325 g/mol. The molecule has 1 aromatic heterocycles. The van der Waals surface area contributed by atoms with Crippen molar-refractivity contribution in [3.05, 3.63) is 46.7 Å². The van der Waals surface area contributed by atoms with Crippen LogP contribution in [-0.4, -0.2) is 35.9 Å². The molecule has 3 rings (SSSR count). The molecular formula is C18H22FN3OS. The molecule has 1 fully saturated rings. The number of halogens is 1. The Labute approximate surface area is 145 Å². The van der Waals surface area contributed by atoms with Crippen LogP contribution in [0.1, 0.15) is 24.1 Å². The van der Waals surface area contributed by atoms with Gasteiger partial charge in [0.2, 0.25) is 5.91 Å². The first-order valence-corrected chi connectivity index (χ1v) is 9.02. The Balaban J connectivity index is 1.85. The maximum atomic E-state index is 14.1. The number of nitrogens with one attached hydrogen (secondary N) is 1. The lowest BCUT2D eigenvalue weighted by Gasteiger charge is -2.39. The number of amides is 1. The van der Waals surface area contributed by atoms with Gasteiger partial charge in [-0.15, -0.1) is 11.3 Å². The van der Waals surface area contributed by atoms with E-state index >= 15 is 0 Å². The zero-order chi connectivity index (χ0) is 17.2. The van der Waals surface area contributed by atoms with Gasteiger partial charge in [0, 0.05) is 5.38 Å². The highest BCUT2D eigenvalue weighted by Crippen LogP contribution is 2.37. The number of nitrogens with zero attached hydrogens (tertiary/aromatic N) is 2. The molecule has 1 N–H and O–H groups in total. The van der Waals surface area contributed by atoms with Gasteiger partial charge in [-0.1, -0.05) is 18.2 Å². The average molecular weight is 347 g/mol. The van der Waals surface area contributed by atoms with Crippen molar-refractivity contribution in [1.82, 2.24) is 9.88 Å². The zero-order valence-electron chi connectivity index (χ0n) is 14.0. The van der Waals surface area contributed by atoms with Crippen molar-refractivity contribution in [2.45, 2.75) is 26.2 Å². The number of aryl methyl sites for hydroxylation is 1. The second-order valence-electron chi connectivity index (χ2n) is 6.60. The van der Waals surface area contributed by atoms with E-state index in [1.807, 2.05) is 18.4 Å². The fourth-order valence-electron chi connectivity index (χ4n) is 3.18. The molecule has 6 heteroatoms. The fraction of sp³-hybridized carbons (Fsp3) is 0.444.